The van der Waals surface area contributed by atoms with Crippen molar-refractivity contribution in [1.82, 2.24) is 5.32 Å². The maximum absolute atomic E-state index is 11.9. The summed E-state index contributed by atoms with van der Waals surface area (Å²) in [4.78, 5) is 11.9. The first kappa shape index (κ1) is 13.8. The van der Waals surface area contributed by atoms with Gasteiger partial charge in [-0.15, -0.1) is 0 Å². The summed E-state index contributed by atoms with van der Waals surface area (Å²) >= 11 is 3.33. The Bertz CT molecular complexity index is 567. The average molecular weight is 320 g/mol. The molecule has 98 valence electrons. The van der Waals surface area contributed by atoms with Gasteiger partial charge in [0.1, 0.15) is 0 Å². The second-order valence-corrected chi connectivity index (χ2v) is 5.08. The Morgan fingerprint density at radius 2 is 1.79 bits per heavy atom. The molecule has 2 aromatic rings. The molecule has 1 amide bonds. The summed E-state index contributed by atoms with van der Waals surface area (Å²) < 4.78 is 0.944. The lowest BCUT2D eigenvalue weighted by atomic mass is 10.1. The maximum Gasteiger partial charge on any atom is 0.251 e. The summed E-state index contributed by atoms with van der Waals surface area (Å²) in [6, 6.07) is 14.7. The minimum atomic E-state index is -0.109. The van der Waals surface area contributed by atoms with Gasteiger partial charge in [-0.2, -0.15) is 0 Å². The third-order valence-electron chi connectivity index (χ3n) is 2.73. The molecule has 0 aromatic heterocycles. The lowest BCUT2D eigenvalue weighted by Crippen LogP contribution is -2.22. The van der Waals surface area contributed by atoms with Crippen molar-refractivity contribution < 1.29 is 9.90 Å². The Morgan fingerprint density at radius 1 is 1.11 bits per heavy atom. The van der Waals surface area contributed by atoms with Crippen LogP contribution in [0.3, 0.4) is 0 Å². The Labute approximate surface area is 120 Å². The van der Waals surface area contributed by atoms with Crippen molar-refractivity contribution in [3.8, 4) is 0 Å². The van der Waals surface area contributed by atoms with Gasteiger partial charge in [0, 0.05) is 16.6 Å². The smallest absolute Gasteiger partial charge is 0.251 e. The molecule has 0 atom stereocenters. The number of nitrogens with one attached hydrogen (secondary N) is 1. The lowest BCUT2D eigenvalue weighted by Gasteiger charge is -2.06. The van der Waals surface area contributed by atoms with Crippen LogP contribution in [0.5, 0.6) is 0 Å². The Balaban J connectivity index is 1.98. The highest BCUT2D eigenvalue weighted by Gasteiger charge is 2.04. The van der Waals surface area contributed by atoms with Crippen LogP contribution >= 0.6 is 15.9 Å². The number of rotatable bonds is 4. The normalized spacial score (nSPS) is 10.2. The van der Waals surface area contributed by atoms with Gasteiger partial charge in [-0.05, 0) is 35.4 Å². The van der Waals surface area contributed by atoms with Crippen molar-refractivity contribution in [2.24, 2.45) is 0 Å². The minimum Gasteiger partial charge on any atom is -0.392 e. The molecule has 4 heteroatoms. The van der Waals surface area contributed by atoms with Crippen molar-refractivity contribution in [3.63, 3.8) is 0 Å². The molecule has 0 bridgehead atoms. The first-order valence-electron chi connectivity index (χ1n) is 5.91. The number of benzene rings is 2. The van der Waals surface area contributed by atoms with E-state index in [9.17, 15) is 4.79 Å². The molecule has 0 saturated heterocycles. The number of hydrogen-bond donors (Lipinski definition) is 2. The van der Waals surface area contributed by atoms with Crippen LogP contribution in [0.25, 0.3) is 0 Å². The number of amides is 1. The fraction of sp³-hybridized carbons (Fsp3) is 0.133. The second-order valence-electron chi connectivity index (χ2n) is 4.17. The molecule has 19 heavy (non-hydrogen) atoms. The molecule has 0 unspecified atom stereocenters. The molecule has 0 saturated carbocycles. The van der Waals surface area contributed by atoms with Gasteiger partial charge in [0.05, 0.1) is 6.61 Å². The summed E-state index contributed by atoms with van der Waals surface area (Å²) in [5, 5.41) is 11.9. The monoisotopic (exact) mass is 319 g/mol. The molecule has 0 fully saturated rings. The highest BCUT2D eigenvalue weighted by Crippen LogP contribution is 2.11. The zero-order valence-electron chi connectivity index (χ0n) is 10.3. The zero-order chi connectivity index (χ0) is 13.7. The fourth-order valence-electron chi connectivity index (χ4n) is 1.72. The summed E-state index contributed by atoms with van der Waals surface area (Å²) in [6.45, 7) is 0.456. The molecular weight excluding hydrogens is 306 g/mol. The molecule has 2 aromatic carbocycles. The molecule has 0 aliphatic carbocycles. The first-order chi connectivity index (χ1) is 9.19. The predicted octanol–water partition coefficient (Wildman–Crippen LogP) is 2.87. The fourth-order valence-corrected chi connectivity index (χ4v) is 1.99. The molecule has 2 rings (SSSR count). The summed E-state index contributed by atoms with van der Waals surface area (Å²) in [5.74, 6) is -0.109. The molecule has 0 radical (unpaired) electrons. The summed E-state index contributed by atoms with van der Waals surface area (Å²) in [6.07, 6.45) is 0. The maximum atomic E-state index is 11.9. The standard InChI is InChI=1S/C15H14BrNO2/c16-14-6-4-13(5-7-14)15(19)17-9-11-2-1-3-12(8-11)10-18/h1-8,18H,9-10H2,(H,17,19). The van der Waals surface area contributed by atoms with Crippen molar-refractivity contribution in [2.45, 2.75) is 13.2 Å². The van der Waals surface area contributed by atoms with Gasteiger partial charge in [0.25, 0.3) is 5.91 Å². The number of aliphatic hydroxyl groups is 1. The number of halogens is 1. The Hall–Kier alpha value is -1.65. The molecule has 0 spiro atoms. The van der Waals surface area contributed by atoms with Gasteiger partial charge in [-0.3, -0.25) is 4.79 Å². The van der Waals surface area contributed by atoms with Crippen molar-refractivity contribution in [3.05, 3.63) is 69.7 Å². The van der Waals surface area contributed by atoms with Gasteiger partial charge in [-0.25, -0.2) is 0 Å². The molecule has 0 heterocycles. The van der Waals surface area contributed by atoms with Crippen molar-refractivity contribution in [1.29, 1.82) is 0 Å². The van der Waals surface area contributed by atoms with Crippen LogP contribution in [0.2, 0.25) is 0 Å². The third kappa shape index (κ3) is 3.91. The molecule has 0 aliphatic rings. The average Bonchev–Trinajstić information content (AvgIpc) is 2.46. The van der Waals surface area contributed by atoms with Gasteiger partial charge < -0.3 is 10.4 Å². The van der Waals surface area contributed by atoms with E-state index in [4.69, 9.17) is 5.11 Å². The molecule has 0 aliphatic heterocycles. The lowest BCUT2D eigenvalue weighted by molar-refractivity contribution is 0.0951. The van der Waals surface area contributed by atoms with Crippen LogP contribution in [0.4, 0.5) is 0 Å². The van der Waals surface area contributed by atoms with Gasteiger partial charge in [0.2, 0.25) is 0 Å². The van der Waals surface area contributed by atoms with Gasteiger partial charge in [-0.1, -0.05) is 40.2 Å². The van der Waals surface area contributed by atoms with E-state index in [0.29, 0.717) is 12.1 Å². The van der Waals surface area contributed by atoms with Gasteiger partial charge in [0.15, 0.2) is 0 Å². The van der Waals surface area contributed by atoms with E-state index in [1.165, 1.54) is 0 Å². The number of hydrogen-bond acceptors (Lipinski definition) is 2. The van der Waals surface area contributed by atoms with Crippen molar-refractivity contribution >= 4 is 21.8 Å². The van der Waals surface area contributed by atoms with E-state index in [-0.39, 0.29) is 12.5 Å². The van der Waals surface area contributed by atoms with E-state index >= 15 is 0 Å². The van der Waals surface area contributed by atoms with Crippen LogP contribution in [-0.4, -0.2) is 11.0 Å². The van der Waals surface area contributed by atoms with Crippen LogP contribution in [0, 0.1) is 0 Å². The highest BCUT2D eigenvalue weighted by atomic mass is 79.9. The number of carbonyl (C=O) groups excluding carboxylic acids is 1. The van der Waals surface area contributed by atoms with Crippen LogP contribution < -0.4 is 5.32 Å². The van der Waals surface area contributed by atoms with Gasteiger partial charge >= 0.3 is 0 Å². The number of carbonyl (C=O) groups is 1. The highest BCUT2D eigenvalue weighted by molar-refractivity contribution is 9.10. The minimum absolute atomic E-state index is 0.00843. The molecule has 2 N–H and O–H groups in total. The SMILES string of the molecule is O=C(NCc1cccc(CO)c1)c1ccc(Br)cc1. The van der Waals surface area contributed by atoms with E-state index in [1.54, 1.807) is 12.1 Å². The van der Waals surface area contributed by atoms with Crippen LogP contribution in [0.15, 0.2) is 53.0 Å². The largest absolute Gasteiger partial charge is 0.392 e. The van der Waals surface area contributed by atoms with Crippen molar-refractivity contribution in [2.75, 3.05) is 0 Å². The van der Waals surface area contributed by atoms with E-state index in [1.807, 2.05) is 36.4 Å². The zero-order valence-corrected chi connectivity index (χ0v) is 11.9. The summed E-state index contributed by atoms with van der Waals surface area (Å²) in [7, 11) is 0. The predicted molar refractivity (Wildman–Crippen MR) is 77.7 cm³/mol. The third-order valence-corrected chi connectivity index (χ3v) is 3.26. The van der Waals surface area contributed by atoms with Crippen LogP contribution in [0.1, 0.15) is 21.5 Å². The quantitative estimate of drug-likeness (QED) is 0.910. The second kappa shape index (κ2) is 6.50. The Kier molecular flexibility index (Phi) is 4.71. The van der Waals surface area contributed by atoms with Crippen LogP contribution in [-0.2, 0) is 13.2 Å². The van der Waals surface area contributed by atoms with E-state index < -0.39 is 0 Å². The molecular formula is C15H14BrNO2. The number of aliphatic hydroxyl groups excluding tert-OH is 1. The van der Waals surface area contributed by atoms with E-state index in [2.05, 4.69) is 21.2 Å². The Morgan fingerprint density at radius 3 is 2.47 bits per heavy atom. The topological polar surface area (TPSA) is 49.3 Å². The molecule has 3 nitrogen and oxygen atoms in total. The summed E-state index contributed by atoms with van der Waals surface area (Å²) in [5.41, 5.74) is 2.44. The first-order valence-corrected chi connectivity index (χ1v) is 6.71. The van der Waals surface area contributed by atoms with E-state index in [0.717, 1.165) is 15.6 Å².